The SMILES string of the molecule is CN(C)C(=O)C(=O)c1c[nH]c2ccc([N+](=O)[O-])cc12. The molecule has 7 nitrogen and oxygen atoms in total. The second-order valence-corrected chi connectivity index (χ2v) is 4.22. The Labute approximate surface area is 108 Å². The summed E-state index contributed by atoms with van der Waals surface area (Å²) in [5.74, 6) is -1.37. The molecule has 0 bridgehead atoms. The number of nitro groups is 1. The van der Waals surface area contributed by atoms with Crippen LogP contribution in [0.5, 0.6) is 0 Å². The maximum absolute atomic E-state index is 12.0. The molecule has 0 aliphatic rings. The molecule has 0 saturated carbocycles. The lowest BCUT2D eigenvalue weighted by molar-refractivity contribution is -0.384. The second-order valence-electron chi connectivity index (χ2n) is 4.22. The normalized spacial score (nSPS) is 10.4. The average Bonchev–Trinajstić information content (AvgIpc) is 2.79. The number of carbonyl (C=O) groups is 2. The Balaban J connectivity index is 2.55. The number of benzene rings is 1. The van der Waals surface area contributed by atoms with Gasteiger partial charge in [-0.1, -0.05) is 0 Å². The number of nitrogens with one attached hydrogen (secondary N) is 1. The lowest BCUT2D eigenvalue weighted by atomic mass is 10.1. The molecular weight excluding hydrogens is 250 g/mol. The van der Waals surface area contributed by atoms with Crippen molar-refractivity contribution in [2.24, 2.45) is 0 Å². The molecule has 0 atom stereocenters. The highest BCUT2D eigenvalue weighted by atomic mass is 16.6. The fourth-order valence-electron chi connectivity index (χ4n) is 1.73. The van der Waals surface area contributed by atoms with Crippen molar-refractivity contribution in [3.8, 4) is 0 Å². The zero-order valence-electron chi connectivity index (χ0n) is 10.3. The van der Waals surface area contributed by atoms with E-state index in [1.807, 2.05) is 0 Å². The van der Waals surface area contributed by atoms with Gasteiger partial charge in [-0.2, -0.15) is 0 Å². The van der Waals surface area contributed by atoms with E-state index in [1.165, 1.54) is 43.4 Å². The minimum atomic E-state index is -0.697. The fraction of sp³-hybridized carbons (Fsp3) is 0.167. The molecule has 2 aromatic rings. The van der Waals surface area contributed by atoms with Crippen molar-refractivity contribution in [3.05, 3.63) is 40.1 Å². The van der Waals surface area contributed by atoms with Crippen LogP contribution in [0.2, 0.25) is 0 Å². The van der Waals surface area contributed by atoms with Gasteiger partial charge in [0.2, 0.25) is 0 Å². The van der Waals surface area contributed by atoms with Crippen molar-refractivity contribution in [3.63, 3.8) is 0 Å². The smallest absolute Gasteiger partial charge is 0.294 e. The van der Waals surface area contributed by atoms with E-state index in [4.69, 9.17) is 0 Å². The van der Waals surface area contributed by atoms with Gasteiger partial charge in [0.05, 0.1) is 10.5 Å². The molecule has 7 heteroatoms. The number of fused-ring (bicyclic) bond motifs is 1. The molecule has 19 heavy (non-hydrogen) atoms. The molecule has 0 spiro atoms. The summed E-state index contributed by atoms with van der Waals surface area (Å²) in [6.07, 6.45) is 1.39. The number of ketones is 1. The van der Waals surface area contributed by atoms with Gasteiger partial charge in [0.15, 0.2) is 0 Å². The summed E-state index contributed by atoms with van der Waals surface area (Å²) >= 11 is 0. The highest BCUT2D eigenvalue weighted by molar-refractivity contribution is 6.44. The first-order chi connectivity index (χ1) is 8.91. The number of rotatable bonds is 3. The van der Waals surface area contributed by atoms with Crippen LogP contribution in [-0.2, 0) is 4.79 Å². The van der Waals surface area contributed by atoms with Crippen molar-refractivity contribution in [2.45, 2.75) is 0 Å². The largest absolute Gasteiger partial charge is 0.360 e. The van der Waals surface area contributed by atoms with E-state index in [0.717, 1.165) is 0 Å². The Kier molecular flexibility index (Phi) is 3.04. The summed E-state index contributed by atoms with van der Waals surface area (Å²) in [5.41, 5.74) is 0.580. The van der Waals surface area contributed by atoms with Crippen molar-refractivity contribution in [2.75, 3.05) is 14.1 Å². The van der Waals surface area contributed by atoms with Crippen LogP contribution >= 0.6 is 0 Å². The number of carbonyl (C=O) groups excluding carboxylic acids is 2. The highest BCUT2D eigenvalue weighted by Crippen LogP contribution is 2.24. The zero-order valence-corrected chi connectivity index (χ0v) is 10.3. The van der Waals surface area contributed by atoms with Crippen LogP contribution < -0.4 is 0 Å². The van der Waals surface area contributed by atoms with Gasteiger partial charge >= 0.3 is 0 Å². The third-order valence-electron chi connectivity index (χ3n) is 2.72. The van der Waals surface area contributed by atoms with Gasteiger partial charge < -0.3 is 9.88 Å². The predicted octanol–water partition coefficient (Wildman–Crippen LogP) is 1.35. The number of non-ortho nitro benzene ring substituents is 1. The number of hydrogen-bond donors (Lipinski definition) is 1. The first-order valence-corrected chi connectivity index (χ1v) is 5.43. The Morgan fingerprint density at radius 3 is 2.58 bits per heavy atom. The summed E-state index contributed by atoms with van der Waals surface area (Å²) in [4.78, 5) is 37.8. The molecular formula is C12H11N3O4. The third-order valence-corrected chi connectivity index (χ3v) is 2.72. The topological polar surface area (TPSA) is 96.3 Å². The van der Waals surface area contributed by atoms with Crippen molar-refractivity contribution >= 4 is 28.3 Å². The van der Waals surface area contributed by atoms with E-state index in [9.17, 15) is 19.7 Å². The van der Waals surface area contributed by atoms with Crippen LogP contribution in [-0.4, -0.2) is 40.6 Å². The lowest BCUT2D eigenvalue weighted by Gasteiger charge is -2.07. The number of H-pyrrole nitrogens is 1. The van der Waals surface area contributed by atoms with E-state index in [-0.39, 0.29) is 11.3 Å². The van der Waals surface area contributed by atoms with Crippen LogP contribution in [0.1, 0.15) is 10.4 Å². The second kappa shape index (κ2) is 4.52. The van der Waals surface area contributed by atoms with Crippen molar-refractivity contribution in [1.29, 1.82) is 0 Å². The summed E-state index contributed by atoms with van der Waals surface area (Å²) in [6, 6.07) is 4.12. The third kappa shape index (κ3) is 2.17. The van der Waals surface area contributed by atoms with Crippen LogP contribution in [0.3, 0.4) is 0 Å². The molecule has 0 saturated heterocycles. The van der Waals surface area contributed by atoms with Gasteiger partial charge in [-0.15, -0.1) is 0 Å². The molecule has 98 valence electrons. The number of aromatic nitrogens is 1. The summed E-state index contributed by atoms with van der Waals surface area (Å²) < 4.78 is 0. The van der Waals surface area contributed by atoms with E-state index < -0.39 is 16.6 Å². The van der Waals surface area contributed by atoms with Gasteiger partial charge in [-0.3, -0.25) is 19.7 Å². The fourth-order valence-corrected chi connectivity index (χ4v) is 1.73. The molecule has 0 aliphatic carbocycles. The number of aromatic amines is 1. The molecule has 1 aromatic heterocycles. The van der Waals surface area contributed by atoms with Crippen LogP contribution in [0.15, 0.2) is 24.4 Å². The Bertz CT molecular complexity index is 687. The average molecular weight is 261 g/mol. The minimum absolute atomic E-state index is 0.126. The van der Waals surface area contributed by atoms with Gasteiger partial charge in [-0.25, -0.2) is 0 Å². The monoisotopic (exact) mass is 261 g/mol. The van der Waals surface area contributed by atoms with Crippen molar-refractivity contribution < 1.29 is 14.5 Å². The highest BCUT2D eigenvalue weighted by Gasteiger charge is 2.22. The number of hydrogen-bond acceptors (Lipinski definition) is 4. The first kappa shape index (κ1) is 12.7. The molecule has 1 N–H and O–H groups in total. The maximum atomic E-state index is 12.0. The van der Waals surface area contributed by atoms with Crippen LogP contribution in [0, 0.1) is 10.1 Å². The molecule has 0 fully saturated rings. The molecule has 0 radical (unpaired) electrons. The summed E-state index contributed by atoms with van der Waals surface area (Å²) in [7, 11) is 2.94. The molecule has 1 aromatic carbocycles. The van der Waals surface area contributed by atoms with E-state index in [1.54, 1.807) is 0 Å². The van der Waals surface area contributed by atoms with E-state index >= 15 is 0 Å². The first-order valence-electron chi connectivity index (χ1n) is 5.43. The van der Waals surface area contributed by atoms with Crippen molar-refractivity contribution in [1.82, 2.24) is 9.88 Å². The zero-order chi connectivity index (χ0) is 14.2. The maximum Gasteiger partial charge on any atom is 0.294 e. The summed E-state index contributed by atoms with van der Waals surface area (Å²) in [6.45, 7) is 0. The number of Topliss-reactive ketones (excluding diaryl/α,β-unsaturated/α-hetero) is 1. The summed E-state index contributed by atoms with van der Waals surface area (Å²) in [5, 5.41) is 11.1. The van der Waals surface area contributed by atoms with Gasteiger partial charge in [0, 0.05) is 43.3 Å². The predicted molar refractivity (Wildman–Crippen MR) is 68.0 cm³/mol. The van der Waals surface area contributed by atoms with Crippen LogP contribution in [0.4, 0.5) is 5.69 Å². The lowest BCUT2D eigenvalue weighted by Crippen LogP contribution is -2.29. The molecule has 0 aliphatic heterocycles. The molecule has 2 rings (SSSR count). The Morgan fingerprint density at radius 2 is 2.00 bits per heavy atom. The number of likely N-dealkylation sites (N-methyl/N-ethyl adjacent to an activating group) is 1. The molecule has 0 unspecified atom stereocenters. The van der Waals surface area contributed by atoms with E-state index in [2.05, 4.69) is 4.98 Å². The van der Waals surface area contributed by atoms with Gasteiger partial charge in [-0.05, 0) is 6.07 Å². The standard InChI is InChI=1S/C12H11N3O4/c1-14(2)12(17)11(16)9-6-13-10-4-3-7(15(18)19)5-8(9)10/h3-6,13H,1-2H3. The van der Waals surface area contributed by atoms with Gasteiger partial charge in [0.1, 0.15) is 0 Å². The minimum Gasteiger partial charge on any atom is -0.360 e. The number of nitrogens with zero attached hydrogens (tertiary/aromatic N) is 2. The number of amides is 1. The van der Waals surface area contributed by atoms with Crippen LogP contribution in [0.25, 0.3) is 10.9 Å². The Hall–Kier alpha value is -2.70. The van der Waals surface area contributed by atoms with Gasteiger partial charge in [0.25, 0.3) is 17.4 Å². The van der Waals surface area contributed by atoms with E-state index in [0.29, 0.717) is 10.9 Å². The Morgan fingerprint density at radius 1 is 1.32 bits per heavy atom. The molecule has 1 heterocycles. The number of nitro benzene ring substituents is 1. The molecule has 1 amide bonds. The quantitative estimate of drug-likeness (QED) is 0.390.